The lowest BCUT2D eigenvalue weighted by Gasteiger charge is -2.20. The lowest BCUT2D eigenvalue weighted by molar-refractivity contribution is 0.651. The molecule has 1 aromatic heterocycles. The number of anilines is 2. The van der Waals surface area contributed by atoms with Gasteiger partial charge in [-0.3, -0.25) is 0 Å². The van der Waals surface area contributed by atoms with Crippen molar-refractivity contribution in [2.45, 2.75) is 13.0 Å². The van der Waals surface area contributed by atoms with E-state index in [4.69, 9.17) is 5.26 Å². The fraction of sp³-hybridized carbons (Fsp3) is 0.250. The zero-order valence-electron chi connectivity index (χ0n) is 12.0. The van der Waals surface area contributed by atoms with Crippen molar-refractivity contribution >= 4 is 11.5 Å². The van der Waals surface area contributed by atoms with Crippen LogP contribution in [-0.2, 0) is 0 Å². The molecule has 0 spiro atoms. The molecule has 1 heterocycles. The van der Waals surface area contributed by atoms with Crippen molar-refractivity contribution in [3.63, 3.8) is 0 Å². The second-order valence-corrected chi connectivity index (χ2v) is 4.68. The summed E-state index contributed by atoms with van der Waals surface area (Å²) >= 11 is 0. The minimum Gasteiger partial charge on any atom is -0.329 e. The molecular weight excluding hydrogens is 248 g/mol. The zero-order chi connectivity index (χ0) is 14.5. The van der Waals surface area contributed by atoms with E-state index in [-0.39, 0.29) is 6.04 Å². The number of hydrogen-bond acceptors (Lipinski definition) is 4. The van der Waals surface area contributed by atoms with Gasteiger partial charge < -0.3 is 10.2 Å². The third-order valence-electron chi connectivity index (χ3n) is 3.41. The molecule has 0 aliphatic carbocycles. The Morgan fingerprint density at radius 2 is 2.10 bits per heavy atom. The normalized spacial score (nSPS) is 11.7. The maximum Gasteiger partial charge on any atom is 0.132 e. The number of aromatic nitrogens is 1. The van der Waals surface area contributed by atoms with Crippen LogP contribution in [0, 0.1) is 11.3 Å². The van der Waals surface area contributed by atoms with Crippen molar-refractivity contribution in [3.05, 3.63) is 53.7 Å². The Morgan fingerprint density at radius 3 is 2.80 bits per heavy atom. The van der Waals surface area contributed by atoms with Crippen LogP contribution < -0.4 is 10.2 Å². The van der Waals surface area contributed by atoms with Crippen molar-refractivity contribution in [1.29, 1.82) is 5.26 Å². The van der Waals surface area contributed by atoms with Gasteiger partial charge in [-0.15, -0.1) is 0 Å². The summed E-state index contributed by atoms with van der Waals surface area (Å²) in [6.45, 7) is 2.11. The summed E-state index contributed by atoms with van der Waals surface area (Å²) in [5.41, 5.74) is 2.78. The van der Waals surface area contributed by atoms with Crippen LogP contribution in [-0.4, -0.2) is 19.1 Å². The minimum absolute atomic E-state index is 0.274. The molecule has 0 fully saturated rings. The molecule has 0 bridgehead atoms. The topological polar surface area (TPSA) is 52.0 Å². The van der Waals surface area contributed by atoms with Gasteiger partial charge in [0.25, 0.3) is 0 Å². The van der Waals surface area contributed by atoms with Crippen molar-refractivity contribution < 1.29 is 0 Å². The van der Waals surface area contributed by atoms with Gasteiger partial charge >= 0.3 is 0 Å². The summed E-state index contributed by atoms with van der Waals surface area (Å²) in [6, 6.07) is 14.0. The van der Waals surface area contributed by atoms with Crippen LogP contribution in [0.3, 0.4) is 0 Å². The summed E-state index contributed by atoms with van der Waals surface area (Å²) < 4.78 is 0. The summed E-state index contributed by atoms with van der Waals surface area (Å²) in [4.78, 5) is 6.38. The second-order valence-electron chi connectivity index (χ2n) is 4.68. The van der Waals surface area contributed by atoms with Crippen LogP contribution in [0.2, 0.25) is 0 Å². The third-order valence-corrected chi connectivity index (χ3v) is 3.41. The lowest BCUT2D eigenvalue weighted by atomic mass is 10.1. The number of rotatable bonds is 4. The Kier molecular flexibility index (Phi) is 4.34. The van der Waals surface area contributed by atoms with Gasteiger partial charge in [-0.2, -0.15) is 5.26 Å². The first-order valence-corrected chi connectivity index (χ1v) is 6.53. The van der Waals surface area contributed by atoms with E-state index in [1.54, 1.807) is 6.07 Å². The van der Waals surface area contributed by atoms with Crippen LogP contribution in [0.25, 0.3) is 0 Å². The van der Waals surface area contributed by atoms with Gasteiger partial charge in [0.1, 0.15) is 5.82 Å². The van der Waals surface area contributed by atoms with E-state index >= 15 is 0 Å². The van der Waals surface area contributed by atoms with E-state index in [0.717, 1.165) is 11.5 Å². The molecule has 2 rings (SSSR count). The highest BCUT2D eigenvalue weighted by Crippen LogP contribution is 2.24. The average molecular weight is 266 g/mol. The molecule has 1 N–H and O–H groups in total. The zero-order valence-corrected chi connectivity index (χ0v) is 12.0. The quantitative estimate of drug-likeness (QED) is 0.924. The molecule has 0 aliphatic heterocycles. The summed E-state index contributed by atoms with van der Waals surface area (Å²) in [5, 5.41) is 12.2. The highest BCUT2D eigenvalue weighted by Gasteiger charge is 2.09. The Bertz CT molecular complexity index is 630. The van der Waals surface area contributed by atoms with Crippen LogP contribution in [0.5, 0.6) is 0 Å². The monoisotopic (exact) mass is 266 g/mol. The second kappa shape index (κ2) is 6.18. The Hall–Kier alpha value is -2.38. The number of benzene rings is 1. The first-order valence-electron chi connectivity index (χ1n) is 6.53. The Morgan fingerprint density at radius 1 is 1.30 bits per heavy atom. The average Bonchev–Trinajstić information content (AvgIpc) is 2.53. The summed E-state index contributed by atoms with van der Waals surface area (Å²) in [7, 11) is 3.89. The van der Waals surface area contributed by atoms with Crippen LogP contribution in [0.1, 0.15) is 24.1 Å². The highest BCUT2D eigenvalue weighted by atomic mass is 15.2. The number of nitrogens with zero attached hydrogens (tertiary/aromatic N) is 3. The molecule has 2 aromatic rings. The van der Waals surface area contributed by atoms with Gasteiger partial charge in [-0.25, -0.2) is 4.98 Å². The SMILES string of the molecule is CNC(C)c1ccnc(N(C)c2cccc(C#N)c2)c1. The minimum atomic E-state index is 0.274. The van der Waals surface area contributed by atoms with E-state index in [2.05, 4.69) is 29.4 Å². The molecular formula is C16H18N4. The fourth-order valence-corrected chi connectivity index (χ4v) is 1.97. The van der Waals surface area contributed by atoms with Gasteiger partial charge in [-0.05, 0) is 49.9 Å². The molecule has 1 aromatic carbocycles. The molecule has 0 radical (unpaired) electrons. The summed E-state index contributed by atoms with van der Waals surface area (Å²) in [6.07, 6.45) is 1.81. The van der Waals surface area contributed by atoms with Crippen molar-refractivity contribution in [3.8, 4) is 6.07 Å². The van der Waals surface area contributed by atoms with Gasteiger partial charge in [-0.1, -0.05) is 6.07 Å². The van der Waals surface area contributed by atoms with Crippen LogP contribution >= 0.6 is 0 Å². The molecule has 4 nitrogen and oxygen atoms in total. The summed E-state index contributed by atoms with van der Waals surface area (Å²) in [5.74, 6) is 0.861. The molecule has 4 heteroatoms. The van der Waals surface area contributed by atoms with Crippen molar-refractivity contribution in [2.24, 2.45) is 0 Å². The Balaban J connectivity index is 2.33. The fourth-order valence-electron chi connectivity index (χ4n) is 1.97. The van der Waals surface area contributed by atoms with E-state index in [1.807, 2.05) is 49.5 Å². The number of pyridine rings is 1. The predicted octanol–water partition coefficient (Wildman–Crippen LogP) is 3.00. The number of nitriles is 1. The van der Waals surface area contributed by atoms with Gasteiger partial charge in [0, 0.05) is 25.0 Å². The highest BCUT2D eigenvalue weighted by molar-refractivity contribution is 5.61. The number of hydrogen-bond donors (Lipinski definition) is 1. The third kappa shape index (κ3) is 2.95. The largest absolute Gasteiger partial charge is 0.329 e. The first-order chi connectivity index (χ1) is 9.65. The van der Waals surface area contributed by atoms with Crippen molar-refractivity contribution in [1.82, 2.24) is 10.3 Å². The first kappa shape index (κ1) is 14.0. The predicted molar refractivity (Wildman–Crippen MR) is 80.9 cm³/mol. The Labute approximate surface area is 119 Å². The molecule has 0 amide bonds. The van der Waals surface area contributed by atoms with E-state index < -0.39 is 0 Å². The van der Waals surface area contributed by atoms with E-state index in [1.165, 1.54) is 5.56 Å². The van der Waals surface area contributed by atoms with Crippen LogP contribution in [0.15, 0.2) is 42.6 Å². The van der Waals surface area contributed by atoms with Crippen LogP contribution in [0.4, 0.5) is 11.5 Å². The van der Waals surface area contributed by atoms with E-state index in [9.17, 15) is 0 Å². The smallest absolute Gasteiger partial charge is 0.132 e. The maximum absolute atomic E-state index is 8.97. The molecule has 1 unspecified atom stereocenters. The number of nitrogens with one attached hydrogen (secondary N) is 1. The molecule has 0 aliphatic rings. The van der Waals surface area contributed by atoms with Gasteiger partial charge in [0.15, 0.2) is 0 Å². The molecule has 20 heavy (non-hydrogen) atoms. The standard InChI is InChI=1S/C16H18N4/c1-12(18-2)14-7-8-19-16(10-14)20(3)15-6-4-5-13(9-15)11-17/h4-10,12,18H,1-3H3. The van der Waals surface area contributed by atoms with Gasteiger partial charge in [0.2, 0.25) is 0 Å². The molecule has 1 atom stereocenters. The molecule has 0 saturated heterocycles. The molecule has 0 saturated carbocycles. The maximum atomic E-state index is 8.97. The van der Waals surface area contributed by atoms with Crippen molar-refractivity contribution in [2.75, 3.05) is 19.0 Å². The van der Waals surface area contributed by atoms with Gasteiger partial charge in [0.05, 0.1) is 11.6 Å². The molecule has 102 valence electrons. The van der Waals surface area contributed by atoms with E-state index in [0.29, 0.717) is 5.56 Å². The lowest BCUT2D eigenvalue weighted by Crippen LogP contribution is -2.15.